The van der Waals surface area contributed by atoms with Crippen molar-refractivity contribution in [2.45, 2.75) is 57.1 Å². The van der Waals surface area contributed by atoms with Crippen LogP contribution in [0.5, 0.6) is 0 Å². The van der Waals surface area contributed by atoms with Gasteiger partial charge in [-0.3, -0.25) is 0 Å². The van der Waals surface area contributed by atoms with Crippen molar-refractivity contribution in [1.82, 2.24) is 15.0 Å². The SMILES string of the molecule is COC(=O)c1cn([C@H]2CCCC[C@H]2OC(=O)c2cc3c(s2)CCC3)nn1. The van der Waals surface area contributed by atoms with Gasteiger partial charge in [-0.15, -0.1) is 16.4 Å². The normalized spacial score (nSPS) is 22.0. The van der Waals surface area contributed by atoms with Crippen LogP contribution in [0.2, 0.25) is 0 Å². The summed E-state index contributed by atoms with van der Waals surface area (Å²) in [4.78, 5) is 26.2. The molecule has 4 rings (SSSR count). The molecule has 2 atom stereocenters. The van der Waals surface area contributed by atoms with Crippen LogP contribution in [-0.2, 0) is 22.3 Å². The van der Waals surface area contributed by atoms with Crippen molar-refractivity contribution < 1.29 is 19.1 Å². The summed E-state index contributed by atoms with van der Waals surface area (Å²) in [7, 11) is 1.31. The van der Waals surface area contributed by atoms with E-state index in [1.54, 1.807) is 22.2 Å². The summed E-state index contributed by atoms with van der Waals surface area (Å²) in [6.07, 6.45) is 8.26. The fourth-order valence-electron chi connectivity index (χ4n) is 3.78. The van der Waals surface area contributed by atoms with E-state index in [4.69, 9.17) is 4.74 Å². The Morgan fingerprint density at radius 3 is 2.85 bits per heavy atom. The van der Waals surface area contributed by atoms with Gasteiger partial charge >= 0.3 is 11.9 Å². The van der Waals surface area contributed by atoms with Crippen molar-refractivity contribution >= 4 is 23.3 Å². The average Bonchev–Trinajstić information content (AvgIpc) is 3.37. The number of hydrogen-bond donors (Lipinski definition) is 0. The van der Waals surface area contributed by atoms with Crippen LogP contribution in [0.3, 0.4) is 0 Å². The molecule has 0 aliphatic heterocycles. The molecule has 0 saturated heterocycles. The third-order valence-corrected chi connectivity index (χ3v) is 6.34. The molecule has 0 radical (unpaired) electrons. The molecule has 0 bridgehead atoms. The Labute approximate surface area is 155 Å². The maximum atomic E-state index is 12.6. The van der Waals surface area contributed by atoms with Crippen molar-refractivity contribution in [3.05, 3.63) is 33.3 Å². The molecule has 2 aromatic heterocycles. The topological polar surface area (TPSA) is 83.3 Å². The number of hydrogen-bond acceptors (Lipinski definition) is 7. The lowest BCUT2D eigenvalue weighted by molar-refractivity contribution is 0.00223. The average molecular weight is 375 g/mol. The zero-order valence-corrected chi connectivity index (χ0v) is 15.5. The lowest BCUT2D eigenvalue weighted by atomic mass is 9.92. The van der Waals surface area contributed by atoms with E-state index in [9.17, 15) is 9.59 Å². The summed E-state index contributed by atoms with van der Waals surface area (Å²) in [6.45, 7) is 0. The van der Waals surface area contributed by atoms with Crippen LogP contribution in [0.25, 0.3) is 0 Å². The third kappa shape index (κ3) is 3.25. The lowest BCUT2D eigenvalue weighted by Crippen LogP contribution is -2.32. The number of carbonyl (C=O) groups excluding carboxylic acids is 2. The summed E-state index contributed by atoms with van der Waals surface area (Å²) in [6, 6.07) is 1.88. The molecule has 0 spiro atoms. The van der Waals surface area contributed by atoms with Crippen molar-refractivity contribution in [1.29, 1.82) is 0 Å². The number of thiophene rings is 1. The van der Waals surface area contributed by atoms with E-state index in [1.807, 2.05) is 6.07 Å². The Balaban J connectivity index is 1.49. The highest BCUT2D eigenvalue weighted by Gasteiger charge is 2.32. The summed E-state index contributed by atoms with van der Waals surface area (Å²) in [5.41, 5.74) is 1.46. The third-order valence-electron chi connectivity index (χ3n) is 5.12. The van der Waals surface area contributed by atoms with E-state index in [2.05, 4.69) is 15.0 Å². The van der Waals surface area contributed by atoms with Gasteiger partial charge in [-0.1, -0.05) is 11.6 Å². The van der Waals surface area contributed by atoms with E-state index >= 15 is 0 Å². The molecule has 2 aliphatic carbocycles. The second-order valence-corrected chi connectivity index (χ2v) is 7.92. The summed E-state index contributed by atoms with van der Waals surface area (Å²) in [5.74, 6) is -0.775. The fraction of sp³-hybridized carbons (Fsp3) is 0.556. The Kier molecular flexibility index (Phi) is 4.76. The highest BCUT2D eigenvalue weighted by molar-refractivity contribution is 7.14. The number of esters is 2. The fourth-order valence-corrected chi connectivity index (χ4v) is 4.92. The molecular weight excluding hydrogens is 354 g/mol. The minimum absolute atomic E-state index is 0.106. The smallest absolute Gasteiger partial charge is 0.360 e. The monoisotopic (exact) mass is 375 g/mol. The molecular formula is C18H21N3O4S. The Bertz CT molecular complexity index is 807. The van der Waals surface area contributed by atoms with Crippen LogP contribution in [-0.4, -0.2) is 40.1 Å². The first-order chi connectivity index (χ1) is 12.7. The van der Waals surface area contributed by atoms with E-state index in [1.165, 1.54) is 24.0 Å². The highest BCUT2D eigenvalue weighted by Crippen LogP contribution is 2.34. The number of fused-ring (bicyclic) bond motifs is 1. The van der Waals surface area contributed by atoms with Crippen LogP contribution >= 0.6 is 11.3 Å². The van der Waals surface area contributed by atoms with Crippen molar-refractivity contribution in [3.8, 4) is 0 Å². The van der Waals surface area contributed by atoms with Crippen LogP contribution in [0.4, 0.5) is 0 Å². The molecule has 0 N–H and O–H groups in total. The standard InChI is InChI=1S/C18H21N3O4S/c1-24-17(22)12-10-21(20-19-12)13-6-2-3-7-14(13)25-18(23)16-9-11-5-4-8-15(11)26-16/h9-10,13-14H,2-8H2,1H3/t13-,14+/m0/s1. The van der Waals surface area contributed by atoms with Crippen LogP contribution in [0.15, 0.2) is 12.3 Å². The van der Waals surface area contributed by atoms with E-state index < -0.39 is 5.97 Å². The van der Waals surface area contributed by atoms with Gasteiger partial charge in [-0.2, -0.15) is 0 Å². The quantitative estimate of drug-likeness (QED) is 0.764. The zero-order valence-electron chi connectivity index (χ0n) is 14.6. The largest absolute Gasteiger partial charge is 0.464 e. The number of aryl methyl sites for hydroxylation is 2. The van der Waals surface area contributed by atoms with E-state index in [-0.39, 0.29) is 23.8 Å². The minimum atomic E-state index is -0.520. The first-order valence-corrected chi connectivity index (χ1v) is 9.80. The van der Waals surface area contributed by atoms with Gasteiger partial charge in [0.15, 0.2) is 5.69 Å². The second kappa shape index (κ2) is 7.19. The van der Waals surface area contributed by atoms with Gasteiger partial charge in [-0.25, -0.2) is 14.3 Å². The second-order valence-electron chi connectivity index (χ2n) is 6.78. The molecule has 2 aromatic rings. The predicted octanol–water partition coefficient (Wildman–Crippen LogP) is 2.96. The number of carbonyl (C=O) groups is 2. The van der Waals surface area contributed by atoms with Gasteiger partial charge in [0.25, 0.3) is 0 Å². The molecule has 0 aromatic carbocycles. The number of rotatable bonds is 4. The van der Waals surface area contributed by atoms with Crippen molar-refractivity contribution in [2.75, 3.05) is 7.11 Å². The highest BCUT2D eigenvalue weighted by atomic mass is 32.1. The van der Waals surface area contributed by atoms with Crippen LogP contribution in [0, 0.1) is 0 Å². The van der Waals surface area contributed by atoms with Gasteiger partial charge < -0.3 is 9.47 Å². The molecule has 138 valence electrons. The maximum Gasteiger partial charge on any atom is 0.360 e. The zero-order chi connectivity index (χ0) is 18.1. The van der Waals surface area contributed by atoms with E-state index in [0.717, 1.165) is 38.5 Å². The van der Waals surface area contributed by atoms with Crippen LogP contribution in [0.1, 0.15) is 68.7 Å². The molecule has 8 heteroatoms. The number of ether oxygens (including phenoxy) is 2. The lowest BCUT2D eigenvalue weighted by Gasteiger charge is -2.30. The predicted molar refractivity (Wildman–Crippen MR) is 94.4 cm³/mol. The number of methoxy groups -OCH3 is 1. The molecule has 1 fully saturated rings. The maximum absolute atomic E-state index is 12.6. The van der Waals surface area contributed by atoms with Gasteiger partial charge in [0.05, 0.1) is 19.3 Å². The number of aromatic nitrogens is 3. The first-order valence-electron chi connectivity index (χ1n) is 8.98. The van der Waals surface area contributed by atoms with Gasteiger partial charge in [-0.05, 0) is 50.2 Å². The molecule has 2 aliphatic rings. The summed E-state index contributed by atoms with van der Waals surface area (Å²) < 4.78 is 12.2. The minimum Gasteiger partial charge on any atom is -0.464 e. The Morgan fingerprint density at radius 2 is 2.04 bits per heavy atom. The number of nitrogens with zero attached hydrogens (tertiary/aromatic N) is 3. The summed E-state index contributed by atoms with van der Waals surface area (Å²) in [5, 5.41) is 7.92. The van der Waals surface area contributed by atoms with Crippen molar-refractivity contribution in [2.24, 2.45) is 0 Å². The Hall–Kier alpha value is -2.22. The molecule has 7 nitrogen and oxygen atoms in total. The summed E-state index contributed by atoms with van der Waals surface area (Å²) >= 11 is 1.56. The van der Waals surface area contributed by atoms with Crippen LogP contribution < -0.4 is 0 Å². The Morgan fingerprint density at radius 1 is 1.19 bits per heavy atom. The van der Waals surface area contributed by atoms with Gasteiger partial charge in [0.2, 0.25) is 0 Å². The molecule has 0 unspecified atom stereocenters. The molecule has 0 amide bonds. The molecule has 1 saturated carbocycles. The van der Waals surface area contributed by atoms with E-state index in [0.29, 0.717) is 4.88 Å². The first kappa shape index (κ1) is 17.2. The van der Waals surface area contributed by atoms with Gasteiger partial charge in [0, 0.05) is 4.88 Å². The molecule has 26 heavy (non-hydrogen) atoms. The van der Waals surface area contributed by atoms with Crippen molar-refractivity contribution in [3.63, 3.8) is 0 Å². The molecule has 2 heterocycles. The van der Waals surface area contributed by atoms with Gasteiger partial charge in [0.1, 0.15) is 11.0 Å².